The van der Waals surface area contributed by atoms with Crippen molar-refractivity contribution in [2.24, 2.45) is 0 Å². The molecule has 3 aromatic rings. The van der Waals surface area contributed by atoms with Crippen molar-refractivity contribution in [2.75, 3.05) is 0 Å². The maximum atomic E-state index is 12.6. The Morgan fingerprint density at radius 2 is 1.64 bits per heavy atom. The van der Waals surface area contributed by atoms with Crippen LogP contribution >= 0.6 is 22.9 Å². The molecule has 0 saturated heterocycles. The first-order valence-corrected chi connectivity index (χ1v) is 10.1. The summed E-state index contributed by atoms with van der Waals surface area (Å²) >= 11 is 7.01. The second-order valence-corrected chi connectivity index (χ2v) is 8.88. The third kappa shape index (κ3) is 3.92. The van der Waals surface area contributed by atoms with Crippen LogP contribution < -0.4 is 5.32 Å². The fraction of sp³-hybridized carbons (Fsp3) is 0.0556. The Kier molecular flexibility index (Phi) is 5.22. The van der Waals surface area contributed by atoms with Crippen LogP contribution in [0.1, 0.15) is 15.2 Å². The van der Waals surface area contributed by atoms with Crippen LogP contribution in [0.4, 0.5) is 0 Å². The van der Waals surface area contributed by atoms with E-state index in [2.05, 4.69) is 5.32 Å². The number of sulfone groups is 1. The monoisotopic (exact) mass is 391 g/mol. The van der Waals surface area contributed by atoms with E-state index in [1.54, 1.807) is 24.3 Å². The summed E-state index contributed by atoms with van der Waals surface area (Å²) in [7, 11) is -3.61. The van der Waals surface area contributed by atoms with Gasteiger partial charge in [-0.05, 0) is 35.9 Å². The van der Waals surface area contributed by atoms with Gasteiger partial charge in [0.25, 0.3) is 5.91 Å². The Labute approximate surface area is 155 Å². The van der Waals surface area contributed by atoms with Crippen LogP contribution in [-0.4, -0.2) is 14.3 Å². The summed E-state index contributed by atoms with van der Waals surface area (Å²) in [6.45, 7) is 0.275. The van der Waals surface area contributed by atoms with Crippen LogP contribution in [0.3, 0.4) is 0 Å². The molecule has 0 aliphatic rings. The lowest BCUT2D eigenvalue weighted by Gasteiger charge is -2.05. The smallest absolute Gasteiger partial charge is 0.261 e. The zero-order valence-electron chi connectivity index (χ0n) is 13.0. The molecule has 0 atom stereocenters. The van der Waals surface area contributed by atoms with Gasteiger partial charge in [0.1, 0.15) is 4.21 Å². The highest BCUT2D eigenvalue weighted by Crippen LogP contribution is 2.27. The van der Waals surface area contributed by atoms with E-state index < -0.39 is 9.84 Å². The molecule has 3 rings (SSSR count). The second-order valence-electron chi connectivity index (χ2n) is 5.21. The summed E-state index contributed by atoms with van der Waals surface area (Å²) < 4.78 is 25.3. The van der Waals surface area contributed by atoms with Crippen molar-refractivity contribution in [1.82, 2.24) is 5.32 Å². The molecule has 0 radical (unpaired) electrons. The summed E-state index contributed by atoms with van der Waals surface area (Å²) in [5.74, 6) is -0.334. The van der Waals surface area contributed by atoms with Crippen LogP contribution in [0, 0.1) is 0 Å². The van der Waals surface area contributed by atoms with Crippen molar-refractivity contribution in [3.63, 3.8) is 0 Å². The number of carbonyl (C=O) groups excluding carboxylic acids is 1. The maximum Gasteiger partial charge on any atom is 0.261 e. The third-order valence-electron chi connectivity index (χ3n) is 3.52. The number of thiophene rings is 1. The van der Waals surface area contributed by atoms with Crippen molar-refractivity contribution in [3.05, 3.63) is 82.2 Å². The molecular formula is C18H14ClNO3S2. The number of benzene rings is 2. The lowest BCUT2D eigenvalue weighted by molar-refractivity contribution is 0.0955. The number of nitrogens with one attached hydrogen (secondary N) is 1. The molecule has 0 aliphatic carbocycles. The molecule has 0 fully saturated rings. The molecule has 1 N–H and O–H groups in total. The van der Waals surface area contributed by atoms with Crippen LogP contribution in [0.2, 0.25) is 5.02 Å². The standard InChI is InChI=1S/C18H14ClNO3S2/c19-15-9-5-4-6-13(15)12-20-18(21)16-10-11-17(24-16)25(22,23)14-7-2-1-3-8-14/h1-11H,12H2,(H,20,21). The van der Waals surface area contributed by atoms with Crippen molar-refractivity contribution in [1.29, 1.82) is 0 Å². The minimum Gasteiger partial charge on any atom is -0.347 e. The van der Waals surface area contributed by atoms with Crippen LogP contribution in [0.25, 0.3) is 0 Å². The van der Waals surface area contributed by atoms with Gasteiger partial charge in [0.2, 0.25) is 9.84 Å². The van der Waals surface area contributed by atoms with E-state index in [0.717, 1.165) is 16.9 Å². The average Bonchev–Trinajstić information content (AvgIpc) is 3.12. The van der Waals surface area contributed by atoms with Crippen LogP contribution in [-0.2, 0) is 16.4 Å². The summed E-state index contributed by atoms with van der Waals surface area (Å²) in [5.41, 5.74) is 0.797. The molecule has 128 valence electrons. The summed E-state index contributed by atoms with van der Waals surface area (Å²) in [5, 5.41) is 3.32. The second kappa shape index (κ2) is 7.39. The maximum absolute atomic E-state index is 12.6. The summed E-state index contributed by atoms with van der Waals surface area (Å²) in [6.07, 6.45) is 0. The van der Waals surface area contributed by atoms with Gasteiger partial charge in [-0.25, -0.2) is 8.42 Å². The Morgan fingerprint density at radius 1 is 0.960 bits per heavy atom. The lowest BCUT2D eigenvalue weighted by atomic mass is 10.2. The average molecular weight is 392 g/mol. The zero-order chi connectivity index (χ0) is 17.9. The first-order chi connectivity index (χ1) is 12.0. The molecule has 0 unspecified atom stereocenters. The minimum absolute atomic E-state index is 0.140. The highest BCUT2D eigenvalue weighted by molar-refractivity contribution is 7.93. The molecule has 1 heterocycles. The highest BCUT2D eigenvalue weighted by atomic mass is 35.5. The van der Waals surface area contributed by atoms with Gasteiger partial charge < -0.3 is 5.32 Å². The number of rotatable bonds is 5. The Morgan fingerprint density at radius 3 is 2.36 bits per heavy atom. The van der Waals surface area contributed by atoms with E-state index in [1.165, 1.54) is 24.3 Å². The third-order valence-corrected chi connectivity index (χ3v) is 7.23. The van der Waals surface area contributed by atoms with Crippen LogP contribution in [0.15, 0.2) is 75.8 Å². The molecule has 7 heteroatoms. The van der Waals surface area contributed by atoms with Gasteiger partial charge >= 0.3 is 0 Å². The van der Waals surface area contributed by atoms with Crippen LogP contribution in [0.5, 0.6) is 0 Å². The molecular weight excluding hydrogens is 378 g/mol. The van der Waals surface area contributed by atoms with Gasteiger partial charge in [-0.1, -0.05) is 48.0 Å². The van der Waals surface area contributed by atoms with Gasteiger partial charge in [0.15, 0.2) is 0 Å². The normalized spacial score (nSPS) is 11.2. The topological polar surface area (TPSA) is 63.2 Å². The van der Waals surface area contributed by atoms with Gasteiger partial charge in [-0.15, -0.1) is 11.3 Å². The fourth-order valence-electron chi connectivity index (χ4n) is 2.21. The van der Waals surface area contributed by atoms with E-state index in [9.17, 15) is 13.2 Å². The molecule has 25 heavy (non-hydrogen) atoms. The Hall–Kier alpha value is -2.15. The predicted molar refractivity (Wildman–Crippen MR) is 98.8 cm³/mol. The van der Waals surface area contributed by atoms with Gasteiger partial charge in [-0.2, -0.15) is 0 Å². The quantitative estimate of drug-likeness (QED) is 0.710. The van der Waals surface area contributed by atoms with E-state index in [0.29, 0.717) is 9.90 Å². The van der Waals surface area contributed by atoms with E-state index in [4.69, 9.17) is 11.6 Å². The van der Waals surface area contributed by atoms with Crippen molar-refractivity contribution < 1.29 is 13.2 Å². The SMILES string of the molecule is O=C(NCc1ccccc1Cl)c1ccc(S(=O)(=O)c2ccccc2)s1. The first kappa shape index (κ1) is 17.7. The fourth-order valence-corrected chi connectivity index (χ4v) is 5.05. The zero-order valence-corrected chi connectivity index (χ0v) is 15.4. The van der Waals surface area contributed by atoms with E-state index >= 15 is 0 Å². The van der Waals surface area contributed by atoms with Gasteiger partial charge in [0.05, 0.1) is 9.77 Å². The first-order valence-electron chi connectivity index (χ1n) is 7.40. The van der Waals surface area contributed by atoms with Crippen molar-refractivity contribution in [3.8, 4) is 0 Å². The molecule has 0 aliphatic heterocycles. The number of hydrogen-bond donors (Lipinski definition) is 1. The van der Waals surface area contributed by atoms with Crippen molar-refractivity contribution in [2.45, 2.75) is 15.6 Å². The number of hydrogen-bond acceptors (Lipinski definition) is 4. The molecule has 0 bridgehead atoms. The molecule has 1 aromatic heterocycles. The predicted octanol–water partition coefficient (Wildman–Crippen LogP) is 4.16. The van der Waals surface area contributed by atoms with Crippen molar-refractivity contribution >= 4 is 38.7 Å². The Bertz CT molecular complexity index is 998. The highest BCUT2D eigenvalue weighted by Gasteiger charge is 2.21. The molecule has 0 spiro atoms. The van der Waals surface area contributed by atoms with E-state index in [-0.39, 0.29) is 21.6 Å². The summed E-state index contributed by atoms with van der Waals surface area (Å²) in [4.78, 5) is 12.8. The van der Waals surface area contributed by atoms with Gasteiger partial charge in [0, 0.05) is 11.6 Å². The largest absolute Gasteiger partial charge is 0.347 e. The molecule has 1 amide bonds. The van der Waals surface area contributed by atoms with E-state index in [1.807, 2.05) is 18.2 Å². The minimum atomic E-state index is -3.61. The molecule has 4 nitrogen and oxygen atoms in total. The Balaban J connectivity index is 1.75. The molecule has 2 aromatic carbocycles. The number of amides is 1. The van der Waals surface area contributed by atoms with Gasteiger partial charge in [-0.3, -0.25) is 4.79 Å². The molecule has 0 saturated carbocycles. The number of halogens is 1. The lowest BCUT2D eigenvalue weighted by Crippen LogP contribution is -2.21. The summed E-state index contributed by atoms with van der Waals surface area (Å²) in [6, 6.07) is 18.3. The number of carbonyl (C=O) groups is 1.